The number of rotatable bonds is 4. The van der Waals surface area contributed by atoms with E-state index in [0.29, 0.717) is 26.3 Å². The van der Waals surface area contributed by atoms with Crippen molar-refractivity contribution in [3.8, 4) is 0 Å². The SMILES string of the molecule is O=C(O)C[C@@H]1CN(C(=O)[C@H]2CCCO[C@H]2c2ccccc2)CCO1. The van der Waals surface area contributed by atoms with Crippen LogP contribution in [0.15, 0.2) is 30.3 Å². The van der Waals surface area contributed by atoms with Gasteiger partial charge in [-0.3, -0.25) is 9.59 Å². The Balaban J connectivity index is 1.71. The second-order valence-electron chi connectivity index (χ2n) is 6.33. The lowest BCUT2D eigenvalue weighted by molar-refractivity contribution is -0.156. The lowest BCUT2D eigenvalue weighted by Gasteiger charge is -2.38. The number of carboxylic acids is 1. The monoisotopic (exact) mass is 333 g/mol. The molecule has 1 aromatic carbocycles. The van der Waals surface area contributed by atoms with Crippen molar-refractivity contribution in [2.24, 2.45) is 5.92 Å². The summed E-state index contributed by atoms with van der Waals surface area (Å²) in [6.45, 7) is 1.89. The molecular weight excluding hydrogens is 310 g/mol. The number of nitrogens with zero attached hydrogens (tertiary/aromatic N) is 1. The highest BCUT2D eigenvalue weighted by molar-refractivity contribution is 5.80. The van der Waals surface area contributed by atoms with Gasteiger partial charge in [0.2, 0.25) is 5.91 Å². The van der Waals surface area contributed by atoms with Crippen LogP contribution < -0.4 is 0 Å². The third-order valence-electron chi connectivity index (χ3n) is 4.62. The van der Waals surface area contributed by atoms with Gasteiger partial charge in [-0.05, 0) is 18.4 Å². The number of carbonyl (C=O) groups excluding carboxylic acids is 1. The summed E-state index contributed by atoms with van der Waals surface area (Å²) in [5, 5.41) is 8.93. The Labute approximate surface area is 141 Å². The van der Waals surface area contributed by atoms with Gasteiger partial charge in [-0.25, -0.2) is 0 Å². The van der Waals surface area contributed by atoms with Crippen molar-refractivity contribution in [3.05, 3.63) is 35.9 Å². The number of hydrogen-bond donors (Lipinski definition) is 1. The molecule has 6 heteroatoms. The molecule has 6 nitrogen and oxygen atoms in total. The molecule has 2 heterocycles. The molecule has 1 amide bonds. The van der Waals surface area contributed by atoms with Gasteiger partial charge in [-0.15, -0.1) is 0 Å². The second-order valence-corrected chi connectivity index (χ2v) is 6.33. The molecule has 2 fully saturated rings. The Morgan fingerprint density at radius 1 is 1.17 bits per heavy atom. The van der Waals surface area contributed by atoms with E-state index in [1.807, 2.05) is 30.3 Å². The Morgan fingerprint density at radius 3 is 2.71 bits per heavy atom. The first-order valence-corrected chi connectivity index (χ1v) is 8.44. The molecule has 24 heavy (non-hydrogen) atoms. The number of ether oxygens (including phenoxy) is 2. The van der Waals surface area contributed by atoms with E-state index in [1.165, 1.54) is 0 Å². The first-order chi connectivity index (χ1) is 11.6. The molecule has 1 aromatic rings. The Hall–Kier alpha value is -1.92. The zero-order valence-corrected chi connectivity index (χ0v) is 13.6. The van der Waals surface area contributed by atoms with E-state index in [4.69, 9.17) is 14.6 Å². The molecule has 1 N–H and O–H groups in total. The zero-order valence-electron chi connectivity index (χ0n) is 13.6. The quantitative estimate of drug-likeness (QED) is 0.910. The van der Waals surface area contributed by atoms with Crippen molar-refractivity contribution < 1.29 is 24.2 Å². The van der Waals surface area contributed by atoms with E-state index in [2.05, 4.69) is 0 Å². The van der Waals surface area contributed by atoms with Crippen molar-refractivity contribution in [3.63, 3.8) is 0 Å². The summed E-state index contributed by atoms with van der Waals surface area (Å²) in [5.41, 5.74) is 1.02. The Kier molecular flexibility index (Phi) is 5.48. The molecule has 2 aliphatic heterocycles. The highest BCUT2D eigenvalue weighted by atomic mass is 16.5. The van der Waals surface area contributed by atoms with Crippen LogP contribution in [0.25, 0.3) is 0 Å². The largest absolute Gasteiger partial charge is 0.481 e. The molecular formula is C18H23NO5. The molecule has 2 saturated heterocycles. The molecule has 0 aromatic heterocycles. The minimum atomic E-state index is -0.905. The normalized spacial score (nSPS) is 27.7. The highest BCUT2D eigenvalue weighted by Gasteiger charge is 2.37. The number of amides is 1. The maximum absolute atomic E-state index is 13.0. The van der Waals surface area contributed by atoms with Gasteiger partial charge in [-0.1, -0.05) is 30.3 Å². The zero-order chi connectivity index (χ0) is 16.9. The van der Waals surface area contributed by atoms with Crippen LogP contribution >= 0.6 is 0 Å². The van der Waals surface area contributed by atoms with Crippen LogP contribution in [0.5, 0.6) is 0 Å². The maximum Gasteiger partial charge on any atom is 0.306 e. The van der Waals surface area contributed by atoms with Crippen LogP contribution in [0.1, 0.15) is 30.9 Å². The first-order valence-electron chi connectivity index (χ1n) is 8.44. The van der Waals surface area contributed by atoms with Gasteiger partial charge in [0, 0.05) is 19.7 Å². The molecule has 3 atom stereocenters. The third-order valence-corrected chi connectivity index (χ3v) is 4.62. The van der Waals surface area contributed by atoms with Crippen molar-refractivity contribution in [1.29, 1.82) is 0 Å². The molecule has 0 saturated carbocycles. The summed E-state index contributed by atoms with van der Waals surface area (Å²) in [6, 6.07) is 9.83. The maximum atomic E-state index is 13.0. The Bertz CT molecular complexity index is 576. The summed E-state index contributed by atoms with van der Waals surface area (Å²) in [4.78, 5) is 25.6. The summed E-state index contributed by atoms with van der Waals surface area (Å²) < 4.78 is 11.4. The molecule has 0 radical (unpaired) electrons. The standard InChI is InChI=1S/C18H23NO5/c20-16(21)11-14-12-19(8-10-23-14)18(22)15-7-4-9-24-17(15)13-5-2-1-3-6-13/h1-3,5-6,14-15,17H,4,7-12H2,(H,20,21)/t14-,15+,17+/m1/s1. The molecule has 0 bridgehead atoms. The van der Waals surface area contributed by atoms with Crippen molar-refractivity contribution in [2.45, 2.75) is 31.5 Å². The van der Waals surface area contributed by atoms with Crippen molar-refractivity contribution in [2.75, 3.05) is 26.3 Å². The van der Waals surface area contributed by atoms with Crippen LogP contribution in [0.3, 0.4) is 0 Å². The second kappa shape index (κ2) is 7.77. The predicted molar refractivity (Wildman–Crippen MR) is 86.4 cm³/mol. The van der Waals surface area contributed by atoms with Gasteiger partial charge in [0.15, 0.2) is 0 Å². The fourth-order valence-corrected chi connectivity index (χ4v) is 3.48. The molecule has 2 aliphatic rings. The lowest BCUT2D eigenvalue weighted by Crippen LogP contribution is -2.49. The van der Waals surface area contributed by atoms with E-state index in [0.717, 1.165) is 18.4 Å². The number of aliphatic carboxylic acids is 1. The van der Waals surface area contributed by atoms with Gasteiger partial charge < -0.3 is 19.5 Å². The summed E-state index contributed by atoms with van der Waals surface area (Å²) in [5.74, 6) is -1.08. The molecule has 0 unspecified atom stereocenters. The van der Waals surface area contributed by atoms with Crippen LogP contribution in [-0.4, -0.2) is 54.3 Å². The topological polar surface area (TPSA) is 76.1 Å². The smallest absolute Gasteiger partial charge is 0.306 e. The number of hydrogen-bond acceptors (Lipinski definition) is 4. The fourth-order valence-electron chi connectivity index (χ4n) is 3.48. The average molecular weight is 333 g/mol. The first kappa shape index (κ1) is 16.9. The highest BCUT2D eigenvalue weighted by Crippen LogP contribution is 2.35. The molecule has 0 aliphatic carbocycles. The van der Waals surface area contributed by atoms with E-state index < -0.39 is 12.1 Å². The summed E-state index contributed by atoms with van der Waals surface area (Å²) in [7, 11) is 0. The van der Waals surface area contributed by atoms with Crippen LogP contribution in [0.4, 0.5) is 0 Å². The molecule has 0 spiro atoms. The van der Waals surface area contributed by atoms with Crippen LogP contribution in [0, 0.1) is 5.92 Å². The minimum Gasteiger partial charge on any atom is -0.481 e. The summed E-state index contributed by atoms with van der Waals surface area (Å²) in [6.07, 6.45) is 0.919. The fraction of sp³-hybridized carbons (Fsp3) is 0.556. The van der Waals surface area contributed by atoms with Crippen molar-refractivity contribution >= 4 is 11.9 Å². The van der Waals surface area contributed by atoms with Crippen LogP contribution in [0.2, 0.25) is 0 Å². The van der Waals surface area contributed by atoms with E-state index >= 15 is 0 Å². The van der Waals surface area contributed by atoms with Gasteiger partial charge in [-0.2, -0.15) is 0 Å². The van der Waals surface area contributed by atoms with E-state index in [1.54, 1.807) is 4.90 Å². The molecule has 130 valence electrons. The van der Waals surface area contributed by atoms with E-state index in [-0.39, 0.29) is 24.3 Å². The predicted octanol–water partition coefficient (Wildman–Crippen LogP) is 1.86. The Morgan fingerprint density at radius 2 is 1.96 bits per heavy atom. The third kappa shape index (κ3) is 3.94. The number of carbonyl (C=O) groups is 2. The van der Waals surface area contributed by atoms with Gasteiger partial charge >= 0.3 is 5.97 Å². The molecule has 3 rings (SSSR count). The van der Waals surface area contributed by atoms with Crippen molar-refractivity contribution in [1.82, 2.24) is 4.90 Å². The van der Waals surface area contributed by atoms with Gasteiger partial charge in [0.05, 0.1) is 31.2 Å². The van der Waals surface area contributed by atoms with Crippen LogP contribution in [-0.2, 0) is 19.1 Å². The van der Waals surface area contributed by atoms with Gasteiger partial charge in [0.25, 0.3) is 0 Å². The van der Waals surface area contributed by atoms with Gasteiger partial charge in [0.1, 0.15) is 0 Å². The van der Waals surface area contributed by atoms with E-state index in [9.17, 15) is 9.59 Å². The lowest BCUT2D eigenvalue weighted by atomic mass is 9.88. The number of carboxylic acid groups (broad SMARTS) is 1. The minimum absolute atomic E-state index is 0.0437. The number of morpholine rings is 1. The average Bonchev–Trinajstić information content (AvgIpc) is 2.61. The number of benzene rings is 1. The summed E-state index contributed by atoms with van der Waals surface area (Å²) >= 11 is 0.